The summed E-state index contributed by atoms with van der Waals surface area (Å²) in [6.07, 6.45) is 1.60. The normalized spacial score (nSPS) is 11.7. The summed E-state index contributed by atoms with van der Waals surface area (Å²) in [6.45, 7) is 2.18. The third-order valence-corrected chi connectivity index (χ3v) is 6.37. The molecule has 1 N–H and O–H groups in total. The number of thioether (sulfide) groups is 1. The zero-order chi connectivity index (χ0) is 23.4. The third-order valence-electron chi connectivity index (χ3n) is 4.72. The largest absolute Gasteiger partial charge is 0.467 e. The van der Waals surface area contributed by atoms with Gasteiger partial charge in [0.2, 0.25) is 5.91 Å². The predicted molar refractivity (Wildman–Crippen MR) is 128 cm³/mol. The van der Waals surface area contributed by atoms with Crippen LogP contribution in [-0.4, -0.2) is 25.9 Å². The summed E-state index contributed by atoms with van der Waals surface area (Å²) in [5, 5.41) is 21.5. The molecule has 1 amide bonds. The van der Waals surface area contributed by atoms with Crippen LogP contribution in [0.3, 0.4) is 0 Å². The number of carbonyl (C=O) groups excluding carboxylic acids is 1. The molecule has 2 heterocycles. The van der Waals surface area contributed by atoms with Crippen molar-refractivity contribution >= 4 is 46.6 Å². The van der Waals surface area contributed by atoms with Crippen LogP contribution >= 0.6 is 35.0 Å². The molecule has 0 radical (unpaired) electrons. The fourth-order valence-corrected chi connectivity index (χ4v) is 4.23. The number of anilines is 1. The molecule has 0 saturated heterocycles. The number of carbonyl (C=O) groups is 1. The highest BCUT2D eigenvalue weighted by Gasteiger charge is 2.22. The van der Waals surface area contributed by atoms with Gasteiger partial charge in [-0.1, -0.05) is 35.0 Å². The van der Waals surface area contributed by atoms with Gasteiger partial charge in [0.15, 0.2) is 11.0 Å². The first kappa shape index (κ1) is 22.9. The molecule has 0 aliphatic heterocycles. The van der Waals surface area contributed by atoms with Crippen LogP contribution in [0.4, 0.5) is 5.69 Å². The van der Waals surface area contributed by atoms with Crippen molar-refractivity contribution in [2.24, 2.45) is 0 Å². The molecule has 7 nitrogen and oxygen atoms in total. The van der Waals surface area contributed by atoms with Crippen LogP contribution in [-0.2, 0) is 11.3 Å². The summed E-state index contributed by atoms with van der Waals surface area (Å²) in [6, 6.07) is 17.7. The molecule has 2 aromatic carbocycles. The average Bonchev–Trinajstić information content (AvgIpc) is 3.45. The Kier molecular flexibility index (Phi) is 7.04. The molecule has 0 spiro atoms. The van der Waals surface area contributed by atoms with Crippen molar-refractivity contribution in [2.75, 3.05) is 5.32 Å². The van der Waals surface area contributed by atoms with Crippen molar-refractivity contribution < 1.29 is 9.21 Å². The summed E-state index contributed by atoms with van der Waals surface area (Å²) in [4.78, 5) is 12.8. The van der Waals surface area contributed by atoms with Gasteiger partial charge < -0.3 is 9.73 Å². The highest BCUT2D eigenvalue weighted by molar-refractivity contribution is 8.00. The van der Waals surface area contributed by atoms with E-state index in [-0.39, 0.29) is 10.9 Å². The Morgan fingerprint density at radius 3 is 2.67 bits per heavy atom. The molecule has 1 atom stereocenters. The summed E-state index contributed by atoms with van der Waals surface area (Å²) >= 11 is 13.4. The number of rotatable bonds is 7. The van der Waals surface area contributed by atoms with Gasteiger partial charge in [-0.15, -0.1) is 10.2 Å². The summed E-state index contributed by atoms with van der Waals surface area (Å²) in [7, 11) is 0. The topological polar surface area (TPSA) is 96.7 Å². The Labute approximate surface area is 204 Å². The van der Waals surface area contributed by atoms with E-state index in [9.17, 15) is 4.79 Å². The van der Waals surface area contributed by atoms with Gasteiger partial charge in [0.05, 0.1) is 28.6 Å². The van der Waals surface area contributed by atoms with E-state index >= 15 is 0 Å². The van der Waals surface area contributed by atoms with E-state index in [2.05, 4.69) is 15.5 Å². The van der Waals surface area contributed by atoms with Gasteiger partial charge in [-0.25, -0.2) is 0 Å². The SMILES string of the molecule is CC(Sc1nnc(-c2ccc(Cl)cc2)n1Cc1ccco1)C(=O)Nc1ccc(C#N)c(Cl)c1. The number of halogens is 2. The maximum absolute atomic E-state index is 12.8. The van der Waals surface area contributed by atoms with Gasteiger partial charge in [-0.05, 0) is 61.5 Å². The van der Waals surface area contributed by atoms with Crippen LogP contribution in [0.5, 0.6) is 0 Å². The van der Waals surface area contributed by atoms with E-state index in [1.807, 2.05) is 34.9 Å². The molecule has 33 heavy (non-hydrogen) atoms. The Bertz CT molecular complexity index is 1310. The lowest BCUT2D eigenvalue weighted by molar-refractivity contribution is -0.115. The number of nitrogens with one attached hydrogen (secondary N) is 1. The number of aromatic nitrogens is 3. The van der Waals surface area contributed by atoms with Crippen LogP contribution in [0, 0.1) is 11.3 Å². The number of benzene rings is 2. The molecule has 0 bridgehead atoms. The number of nitrogens with zero attached hydrogens (tertiary/aromatic N) is 4. The first-order valence-electron chi connectivity index (χ1n) is 9.83. The second kappa shape index (κ2) is 10.1. The average molecular weight is 498 g/mol. The maximum atomic E-state index is 12.8. The van der Waals surface area contributed by atoms with Crippen LogP contribution in [0.25, 0.3) is 11.4 Å². The lowest BCUT2D eigenvalue weighted by Gasteiger charge is -2.13. The minimum absolute atomic E-state index is 0.235. The van der Waals surface area contributed by atoms with Gasteiger partial charge >= 0.3 is 0 Å². The lowest BCUT2D eigenvalue weighted by atomic mass is 10.2. The van der Waals surface area contributed by atoms with Gasteiger partial charge in [-0.2, -0.15) is 5.26 Å². The molecular formula is C23H17Cl2N5O2S. The Balaban J connectivity index is 1.56. The van der Waals surface area contributed by atoms with Crippen molar-refractivity contribution in [1.82, 2.24) is 14.8 Å². The molecule has 0 saturated carbocycles. The van der Waals surface area contributed by atoms with Gasteiger partial charge in [0.25, 0.3) is 0 Å². The summed E-state index contributed by atoms with van der Waals surface area (Å²) in [5.74, 6) is 1.13. The molecule has 0 aliphatic rings. The number of nitriles is 1. The number of hydrogen-bond acceptors (Lipinski definition) is 6. The van der Waals surface area contributed by atoms with Crippen molar-refractivity contribution in [2.45, 2.75) is 23.9 Å². The Morgan fingerprint density at radius 1 is 1.21 bits per heavy atom. The Morgan fingerprint density at radius 2 is 2.00 bits per heavy atom. The van der Waals surface area contributed by atoms with Crippen molar-refractivity contribution in [3.8, 4) is 17.5 Å². The van der Waals surface area contributed by atoms with Crippen molar-refractivity contribution in [1.29, 1.82) is 5.26 Å². The molecule has 4 rings (SSSR count). The van der Waals surface area contributed by atoms with Crippen LogP contribution in [0.15, 0.2) is 70.4 Å². The standard InChI is InChI=1S/C23H17Cl2N5O2S/c1-14(22(31)27-18-9-6-16(12-26)20(25)11-18)33-23-29-28-21(15-4-7-17(24)8-5-15)30(23)13-19-3-2-10-32-19/h2-11,14H,13H2,1H3,(H,27,31). The molecule has 0 fully saturated rings. The predicted octanol–water partition coefficient (Wildman–Crippen LogP) is 5.88. The minimum Gasteiger partial charge on any atom is -0.467 e. The smallest absolute Gasteiger partial charge is 0.237 e. The van der Waals surface area contributed by atoms with Gasteiger partial charge in [0, 0.05) is 16.3 Å². The van der Waals surface area contributed by atoms with Gasteiger partial charge in [-0.3, -0.25) is 9.36 Å². The molecule has 1 unspecified atom stereocenters. The van der Waals surface area contributed by atoms with E-state index < -0.39 is 5.25 Å². The fourth-order valence-electron chi connectivity index (χ4n) is 3.03. The molecule has 2 aromatic heterocycles. The second-order valence-electron chi connectivity index (χ2n) is 7.03. The number of amides is 1. The number of furan rings is 1. The molecule has 10 heteroatoms. The van der Waals surface area contributed by atoms with Crippen LogP contribution in [0.2, 0.25) is 10.0 Å². The van der Waals surface area contributed by atoms with E-state index in [1.54, 1.807) is 43.5 Å². The zero-order valence-electron chi connectivity index (χ0n) is 17.3. The monoisotopic (exact) mass is 497 g/mol. The third kappa shape index (κ3) is 5.40. The van der Waals surface area contributed by atoms with E-state index in [4.69, 9.17) is 32.9 Å². The molecule has 0 aliphatic carbocycles. The highest BCUT2D eigenvalue weighted by atomic mass is 35.5. The van der Waals surface area contributed by atoms with E-state index in [0.717, 1.165) is 11.3 Å². The first-order valence-corrected chi connectivity index (χ1v) is 11.5. The van der Waals surface area contributed by atoms with Crippen LogP contribution in [0.1, 0.15) is 18.2 Å². The van der Waals surface area contributed by atoms with Crippen molar-refractivity contribution in [3.05, 3.63) is 82.2 Å². The van der Waals surface area contributed by atoms with Crippen LogP contribution < -0.4 is 5.32 Å². The first-order chi connectivity index (χ1) is 15.9. The fraction of sp³-hybridized carbons (Fsp3) is 0.130. The summed E-state index contributed by atoms with van der Waals surface area (Å²) < 4.78 is 7.41. The number of hydrogen-bond donors (Lipinski definition) is 1. The lowest BCUT2D eigenvalue weighted by Crippen LogP contribution is -2.23. The van der Waals surface area contributed by atoms with E-state index in [1.165, 1.54) is 11.8 Å². The summed E-state index contributed by atoms with van der Waals surface area (Å²) in [5.41, 5.74) is 1.70. The van der Waals surface area contributed by atoms with E-state index in [0.29, 0.717) is 33.8 Å². The second-order valence-corrected chi connectivity index (χ2v) is 9.19. The molecule has 166 valence electrons. The quantitative estimate of drug-likeness (QED) is 0.320. The minimum atomic E-state index is -0.489. The zero-order valence-corrected chi connectivity index (χ0v) is 19.7. The molecule has 4 aromatic rings. The highest BCUT2D eigenvalue weighted by Crippen LogP contribution is 2.29. The Hall–Kier alpha value is -3.25. The van der Waals surface area contributed by atoms with Gasteiger partial charge in [0.1, 0.15) is 11.8 Å². The maximum Gasteiger partial charge on any atom is 0.237 e. The molecular weight excluding hydrogens is 481 g/mol. The van der Waals surface area contributed by atoms with Crippen molar-refractivity contribution in [3.63, 3.8) is 0 Å².